The van der Waals surface area contributed by atoms with E-state index in [1.54, 1.807) is 38.1 Å². The van der Waals surface area contributed by atoms with Crippen LogP contribution in [0.3, 0.4) is 0 Å². The van der Waals surface area contributed by atoms with Gasteiger partial charge in [-0.3, -0.25) is 19.9 Å². The molecule has 1 aromatic carbocycles. The lowest BCUT2D eigenvalue weighted by atomic mass is 10.1. The largest absolute Gasteiger partial charge is 0.487 e. The second kappa shape index (κ2) is 6.13. The molecule has 6 heteroatoms. The highest BCUT2D eigenvalue weighted by molar-refractivity contribution is 5.74. The van der Waals surface area contributed by atoms with Crippen LogP contribution in [-0.2, 0) is 6.61 Å². The van der Waals surface area contributed by atoms with Crippen molar-refractivity contribution in [2.45, 2.75) is 20.5 Å². The third kappa shape index (κ3) is 3.22. The summed E-state index contributed by atoms with van der Waals surface area (Å²) in [6, 6.07) is 6.61. The van der Waals surface area contributed by atoms with Crippen LogP contribution in [0.4, 0.5) is 5.69 Å². The van der Waals surface area contributed by atoms with Crippen LogP contribution < -0.4 is 4.74 Å². The molecule has 1 aromatic heterocycles. The van der Waals surface area contributed by atoms with Crippen LogP contribution in [0.15, 0.2) is 30.5 Å². The Morgan fingerprint density at radius 3 is 2.52 bits per heavy atom. The fourth-order valence-electron chi connectivity index (χ4n) is 1.99. The Labute approximate surface area is 121 Å². The minimum absolute atomic E-state index is 0.0694. The summed E-state index contributed by atoms with van der Waals surface area (Å²) in [7, 11) is 0. The van der Waals surface area contributed by atoms with Gasteiger partial charge in [0.1, 0.15) is 18.6 Å². The van der Waals surface area contributed by atoms with Crippen molar-refractivity contribution in [3.63, 3.8) is 0 Å². The van der Waals surface area contributed by atoms with Gasteiger partial charge in [0.25, 0.3) is 5.69 Å². The van der Waals surface area contributed by atoms with Crippen molar-refractivity contribution in [1.29, 1.82) is 0 Å². The fourth-order valence-corrected chi connectivity index (χ4v) is 1.99. The van der Waals surface area contributed by atoms with Crippen molar-refractivity contribution < 1.29 is 14.5 Å². The lowest BCUT2D eigenvalue weighted by Crippen LogP contribution is -2.05. The molecule has 0 aliphatic carbocycles. The highest BCUT2D eigenvalue weighted by Gasteiger charge is 2.18. The molecule has 1 heterocycles. The lowest BCUT2D eigenvalue weighted by molar-refractivity contribution is -0.386. The number of aldehydes is 1. The van der Waals surface area contributed by atoms with Gasteiger partial charge in [0.15, 0.2) is 0 Å². The number of benzene rings is 1. The maximum absolute atomic E-state index is 11.0. The molecule has 0 fully saturated rings. The number of aryl methyl sites for hydroxylation is 1. The normalized spacial score (nSPS) is 10.2. The number of hydrogen-bond donors (Lipinski definition) is 0. The second-order valence-electron chi connectivity index (χ2n) is 4.59. The van der Waals surface area contributed by atoms with Gasteiger partial charge in [0.2, 0.25) is 0 Å². The van der Waals surface area contributed by atoms with Gasteiger partial charge in [-0.2, -0.15) is 0 Å². The summed E-state index contributed by atoms with van der Waals surface area (Å²) in [6.07, 6.45) is 2.22. The highest BCUT2D eigenvalue weighted by atomic mass is 16.6. The minimum Gasteiger partial charge on any atom is -0.487 e. The predicted molar refractivity (Wildman–Crippen MR) is 76.5 cm³/mol. The van der Waals surface area contributed by atoms with E-state index in [9.17, 15) is 14.9 Å². The van der Waals surface area contributed by atoms with E-state index in [0.717, 1.165) is 6.29 Å². The van der Waals surface area contributed by atoms with Crippen LogP contribution >= 0.6 is 0 Å². The van der Waals surface area contributed by atoms with Gasteiger partial charge in [-0.1, -0.05) is 0 Å². The first kappa shape index (κ1) is 14.6. The smallest absolute Gasteiger partial charge is 0.278 e. The zero-order valence-corrected chi connectivity index (χ0v) is 11.7. The molecule has 108 valence electrons. The van der Waals surface area contributed by atoms with Crippen molar-refractivity contribution in [1.82, 2.24) is 4.98 Å². The molecule has 0 N–H and O–H groups in total. The number of carbonyl (C=O) groups is 1. The molecule has 0 saturated carbocycles. The summed E-state index contributed by atoms with van der Waals surface area (Å²) in [6.45, 7) is 3.45. The summed E-state index contributed by atoms with van der Waals surface area (Å²) in [5.74, 6) is 0.574. The molecular formula is C15H14N2O4. The van der Waals surface area contributed by atoms with Crippen LogP contribution in [0.1, 0.15) is 27.2 Å². The second-order valence-corrected chi connectivity index (χ2v) is 4.59. The first-order valence-corrected chi connectivity index (χ1v) is 6.30. The van der Waals surface area contributed by atoms with E-state index in [2.05, 4.69) is 4.98 Å². The highest BCUT2D eigenvalue weighted by Crippen LogP contribution is 2.25. The van der Waals surface area contributed by atoms with Crippen LogP contribution in [0, 0.1) is 24.0 Å². The molecule has 0 atom stereocenters. The van der Waals surface area contributed by atoms with Crippen molar-refractivity contribution in [3.8, 4) is 5.75 Å². The standard InChI is InChI=1S/C15H14N2O4/c1-10-7-16-14(11(2)15(10)17(19)20)9-21-13-5-3-12(8-18)4-6-13/h3-8H,9H2,1-2H3. The zero-order valence-electron chi connectivity index (χ0n) is 11.7. The van der Waals surface area contributed by atoms with Gasteiger partial charge >= 0.3 is 0 Å². The lowest BCUT2D eigenvalue weighted by Gasteiger charge is -2.09. The molecule has 0 unspecified atom stereocenters. The number of hydrogen-bond acceptors (Lipinski definition) is 5. The average Bonchev–Trinajstić information content (AvgIpc) is 2.46. The Morgan fingerprint density at radius 1 is 1.29 bits per heavy atom. The Bertz CT molecular complexity index is 681. The molecule has 0 saturated heterocycles. The zero-order chi connectivity index (χ0) is 15.4. The number of ether oxygens (including phenoxy) is 1. The fraction of sp³-hybridized carbons (Fsp3) is 0.200. The quantitative estimate of drug-likeness (QED) is 0.479. The number of carbonyl (C=O) groups excluding carboxylic acids is 1. The SMILES string of the molecule is Cc1cnc(COc2ccc(C=O)cc2)c(C)c1[N+](=O)[O-]. The summed E-state index contributed by atoms with van der Waals surface area (Å²) in [5.41, 5.74) is 2.18. The van der Waals surface area contributed by atoms with Crippen molar-refractivity contribution >= 4 is 12.0 Å². The molecule has 0 amide bonds. The molecule has 2 rings (SSSR count). The van der Waals surface area contributed by atoms with E-state index in [0.29, 0.717) is 28.1 Å². The summed E-state index contributed by atoms with van der Waals surface area (Å²) in [5, 5.41) is 11.0. The molecule has 2 aromatic rings. The third-order valence-corrected chi connectivity index (χ3v) is 3.15. The Balaban J connectivity index is 2.18. The first-order valence-electron chi connectivity index (χ1n) is 6.30. The van der Waals surface area contributed by atoms with Crippen LogP contribution in [0.2, 0.25) is 0 Å². The van der Waals surface area contributed by atoms with E-state index in [1.807, 2.05) is 0 Å². The molecule has 0 radical (unpaired) electrons. The number of pyridine rings is 1. The van der Waals surface area contributed by atoms with Crippen molar-refractivity contribution in [3.05, 3.63) is 63.0 Å². The Kier molecular flexibility index (Phi) is 4.27. The summed E-state index contributed by atoms with van der Waals surface area (Å²) in [4.78, 5) is 25.4. The van der Waals surface area contributed by atoms with E-state index >= 15 is 0 Å². The molecule has 0 bridgehead atoms. The molecule has 0 aliphatic rings. The minimum atomic E-state index is -0.408. The van der Waals surface area contributed by atoms with Gasteiger partial charge < -0.3 is 4.74 Å². The molecule has 0 aliphatic heterocycles. The summed E-state index contributed by atoms with van der Waals surface area (Å²) >= 11 is 0. The predicted octanol–water partition coefficient (Wildman–Crippen LogP) is 3.00. The Morgan fingerprint density at radius 2 is 1.95 bits per heavy atom. The van der Waals surface area contributed by atoms with E-state index in [-0.39, 0.29) is 12.3 Å². The van der Waals surface area contributed by atoms with E-state index in [4.69, 9.17) is 4.74 Å². The van der Waals surface area contributed by atoms with Crippen LogP contribution in [0.25, 0.3) is 0 Å². The van der Waals surface area contributed by atoms with Gasteiger partial charge in [0, 0.05) is 17.3 Å². The van der Waals surface area contributed by atoms with Crippen molar-refractivity contribution in [2.24, 2.45) is 0 Å². The summed E-state index contributed by atoms with van der Waals surface area (Å²) < 4.78 is 5.55. The molecule has 6 nitrogen and oxygen atoms in total. The maximum atomic E-state index is 11.0. The van der Waals surface area contributed by atoms with E-state index < -0.39 is 4.92 Å². The molecule has 0 spiro atoms. The van der Waals surface area contributed by atoms with Crippen molar-refractivity contribution in [2.75, 3.05) is 0 Å². The number of rotatable bonds is 5. The van der Waals surface area contributed by atoms with Crippen LogP contribution in [-0.4, -0.2) is 16.2 Å². The Hall–Kier alpha value is -2.76. The number of nitrogens with zero attached hydrogens (tertiary/aromatic N) is 2. The van der Waals surface area contributed by atoms with E-state index in [1.165, 1.54) is 6.20 Å². The van der Waals surface area contributed by atoms with Gasteiger partial charge in [-0.25, -0.2) is 0 Å². The third-order valence-electron chi connectivity index (χ3n) is 3.15. The van der Waals surface area contributed by atoms with Gasteiger partial charge in [0.05, 0.1) is 16.2 Å². The number of aromatic nitrogens is 1. The average molecular weight is 286 g/mol. The maximum Gasteiger partial charge on any atom is 0.278 e. The monoisotopic (exact) mass is 286 g/mol. The first-order chi connectivity index (χ1) is 10.0. The number of nitro groups is 1. The van der Waals surface area contributed by atoms with Gasteiger partial charge in [-0.05, 0) is 38.1 Å². The topological polar surface area (TPSA) is 82.3 Å². The molecular weight excluding hydrogens is 272 g/mol. The molecule has 21 heavy (non-hydrogen) atoms. The van der Waals surface area contributed by atoms with Crippen LogP contribution in [0.5, 0.6) is 5.75 Å². The van der Waals surface area contributed by atoms with Gasteiger partial charge in [-0.15, -0.1) is 0 Å².